The van der Waals surface area contributed by atoms with Crippen LogP contribution in [0.4, 0.5) is 11.5 Å². The zero-order chi connectivity index (χ0) is 47.4. The quantitative estimate of drug-likeness (QED) is 0.112. The third kappa shape index (κ3) is 9.52. The third-order valence-corrected chi connectivity index (χ3v) is 13.3. The summed E-state index contributed by atoms with van der Waals surface area (Å²) in [6, 6.07) is 12.1. The van der Waals surface area contributed by atoms with Crippen molar-refractivity contribution in [1.82, 2.24) is 40.2 Å². The lowest BCUT2D eigenvalue weighted by atomic mass is 9.95. The molecule has 0 saturated carbocycles. The molecule has 2 fully saturated rings. The number of pyridine rings is 2. The predicted octanol–water partition coefficient (Wildman–Crippen LogP) is 5.40. The first-order valence-electron chi connectivity index (χ1n) is 22.0. The van der Waals surface area contributed by atoms with Gasteiger partial charge in [0.2, 0.25) is 17.7 Å². The first kappa shape index (κ1) is 46.6. The molecule has 6 heterocycles. The molecule has 2 atom stereocenters. The molecular formula is C47H49Cl2N11O7. The second kappa shape index (κ2) is 20.3. The van der Waals surface area contributed by atoms with E-state index < -0.39 is 12.1 Å². The van der Waals surface area contributed by atoms with Crippen LogP contribution in [0.5, 0.6) is 11.5 Å². The number of nitriles is 1. The van der Waals surface area contributed by atoms with Gasteiger partial charge in [-0.2, -0.15) is 10.4 Å². The average molecular weight is 951 g/mol. The Balaban J connectivity index is 0.848. The summed E-state index contributed by atoms with van der Waals surface area (Å²) in [6.07, 6.45) is 6.30. The van der Waals surface area contributed by atoms with Crippen LogP contribution in [0.3, 0.4) is 0 Å². The second-order valence-corrected chi connectivity index (χ2v) is 17.4. The third-order valence-electron chi connectivity index (χ3n) is 12.7. The van der Waals surface area contributed by atoms with Gasteiger partial charge in [-0.1, -0.05) is 29.3 Å². The van der Waals surface area contributed by atoms with Crippen molar-refractivity contribution in [2.24, 2.45) is 5.92 Å². The minimum atomic E-state index is -0.792. The maximum atomic E-state index is 13.8. The number of nitrogens with zero attached hydrogens (tertiary/aromatic N) is 8. The molecule has 2 aromatic carbocycles. The van der Waals surface area contributed by atoms with Crippen LogP contribution in [-0.2, 0) is 25.7 Å². The van der Waals surface area contributed by atoms with E-state index in [-0.39, 0.29) is 55.5 Å². The summed E-state index contributed by atoms with van der Waals surface area (Å²) >= 11 is 12.8. The monoisotopic (exact) mass is 949 g/mol. The zero-order valence-electron chi connectivity index (χ0n) is 37.2. The van der Waals surface area contributed by atoms with Crippen LogP contribution in [-0.4, -0.2) is 131 Å². The van der Waals surface area contributed by atoms with Crippen LogP contribution >= 0.6 is 23.2 Å². The maximum Gasteiger partial charge on any atom is 0.255 e. The molecule has 18 nitrogen and oxygen atoms in total. The average Bonchev–Trinajstić information content (AvgIpc) is 3.92. The lowest BCUT2D eigenvalue weighted by Gasteiger charge is -2.39. The van der Waals surface area contributed by atoms with Crippen molar-refractivity contribution in [2.45, 2.75) is 51.3 Å². The van der Waals surface area contributed by atoms with Crippen molar-refractivity contribution in [3.8, 4) is 28.8 Å². The van der Waals surface area contributed by atoms with E-state index in [9.17, 15) is 29.2 Å². The SMILES string of the molecule is CNC(=O)C(CCC=O)N1Cc2c(NCC(=O)N3CCC(C(=O)N4CCN(c5ncc(-c6n[nH]c7cc(OC)c(O[C@H](C)c8c(Cl)cncc8Cl)cc67)cc5C#N)CC4)CC3)cccc2C1=O. The van der Waals surface area contributed by atoms with Gasteiger partial charge in [0, 0.05) is 123 Å². The second-order valence-electron chi connectivity index (χ2n) is 16.6. The number of rotatable bonds is 15. The summed E-state index contributed by atoms with van der Waals surface area (Å²) < 4.78 is 12.0. The van der Waals surface area contributed by atoms with Crippen molar-refractivity contribution in [3.63, 3.8) is 0 Å². The number of methoxy groups -OCH3 is 1. The van der Waals surface area contributed by atoms with Crippen LogP contribution in [0.1, 0.15) is 65.8 Å². The van der Waals surface area contributed by atoms with Gasteiger partial charge in [0.1, 0.15) is 36.0 Å². The zero-order valence-corrected chi connectivity index (χ0v) is 38.7. The number of hydrogen-bond donors (Lipinski definition) is 3. The van der Waals surface area contributed by atoms with Gasteiger partial charge < -0.3 is 44.5 Å². The first-order valence-corrected chi connectivity index (χ1v) is 22.8. The molecule has 0 radical (unpaired) electrons. The minimum Gasteiger partial charge on any atom is -0.493 e. The van der Waals surface area contributed by atoms with E-state index >= 15 is 0 Å². The number of carbonyl (C=O) groups is 5. The molecule has 20 heteroatoms. The van der Waals surface area contributed by atoms with Crippen molar-refractivity contribution in [2.75, 3.05) is 70.2 Å². The van der Waals surface area contributed by atoms with Gasteiger partial charge in [0.15, 0.2) is 11.5 Å². The van der Waals surface area contributed by atoms with Gasteiger partial charge in [0.05, 0.1) is 34.8 Å². The largest absolute Gasteiger partial charge is 0.493 e. The number of halogens is 2. The lowest BCUT2D eigenvalue weighted by Crippen LogP contribution is -2.52. The Labute approximate surface area is 396 Å². The number of nitrogens with one attached hydrogen (secondary N) is 3. The van der Waals surface area contributed by atoms with E-state index in [1.54, 1.807) is 48.5 Å². The molecular weight excluding hydrogens is 901 g/mol. The molecule has 8 rings (SSSR count). The molecule has 4 amide bonds. The van der Waals surface area contributed by atoms with Crippen molar-refractivity contribution >= 4 is 75.5 Å². The van der Waals surface area contributed by atoms with Gasteiger partial charge in [-0.3, -0.25) is 29.3 Å². The fraction of sp³-hybridized carbons (Fsp3) is 0.383. The number of aromatic nitrogens is 4. The molecule has 5 aromatic rings. The fourth-order valence-corrected chi connectivity index (χ4v) is 9.80. The number of aldehydes is 1. The highest BCUT2D eigenvalue weighted by Crippen LogP contribution is 2.40. The molecule has 0 bridgehead atoms. The normalized spacial score (nSPS) is 16.0. The molecule has 0 aliphatic carbocycles. The first-order chi connectivity index (χ1) is 32.4. The van der Waals surface area contributed by atoms with Gasteiger partial charge in [0.25, 0.3) is 5.91 Å². The molecule has 2 saturated heterocycles. The topological polar surface area (TPSA) is 219 Å². The standard InChI is InChI=1S/C47H49Cl2N11O7/c1-27(42-34(48)23-52-24-35(42)49)67-40-19-32-37(20-39(40)66-3)55-56-43(32)30-18-29(21-50)44(54-22-30)58-13-15-59(16-14-58)46(64)28-9-11-57(12-10-28)41(62)25-53-36-7-4-6-31-33(36)26-60(47(31)65)38(8-5-17-61)45(63)51-2/h4,6-7,17-20,22-24,27-28,38,53H,5,8-16,25-26H2,1-3H3,(H,51,63)(H,55,56)/t27-,38?/m1/s1. The predicted molar refractivity (Wildman–Crippen MR) is 250 cm³/mol. The number of benzene rings is 2. The van der Waals surface area contributed by atoms with Crippen molar-refractivity contribution < 1.29 is 33.4 Å². The minimum absolute atomic E-state index is 0.00259. The Morgan fingerprint density at radius 2 is 1.76 bits per heavy atom. The lowest BCUT2D eigenvalue weighted by molar-refractivity contribution is -0.140. The Hall–Kier alpha value is -6.97. The number of likely N-dealkylation sites (N-methyl/N-ethyl adjacent to an activating group) is 1. The van der Waals surface area contributed by atoms with E-state index in [0.29, 0.717) is 124 Å². The number of fused-ring (bicyclic) bond motifs is 2. The van der Waals surface area contributed by atoms with Gasteiger partial charge in [-0.05, 0) is 50.5 Å². The van der Waals surface area contributed by atoms with Crippen LogP contribution < -0.4 is 25.0 Å². The number of amides is 4. The molecule has 3 aliphatic heterocycles. The number of ether oxygens (including phenoxy) is 2. The molecule has 3 N–H and O–H groups in total. The Kier molecular flexibility index (Phi) is 14.1. The van der Waals surface area contributed by atoms with Gasteiger partial charge in [-0.15, -0.1) is 0 Å². The number of aromatic amines is 1. The Bertz CT molecular complexity index is 2740. The fourth-order valence-electron chi connectivity index (χ4n) is 9.12. The highest BCUT2D eigenvalue weighted by Gasteiger charge is 2.38. The molecule has 0 spiro atoms. The summed E-state index contributed by atoms with van der Waals surface area (Å²) in [7, 11) is 3.04. The number of hydrogen-bond acceptors (Lipinski definition) is 13. The van der Waals surface area contributed by atoms with Crippen LogP contribution in [0.2, 0.25) is 10.0 Å². The van der Waals surface area contributed by atoms with Crippen LogP contribution in [0.25, 0.3) is 22.2 Å². The smallest absolute Gasteiger partial charge is 0.255 e. The van der Waals surface area contributed by atoms with E-state index in [1.807, 2.05) is 22.8 Å². The molecule has 348 valence electrons. The number of H-pyrrole nitrogens is 1. The number of piperazine rings is 1. The highest BCUT2D eigenvalue weighted by atomic mass is 35.5. The van der Waals surface area contributed by atoms with Crippen LogP contribution in [0.15, 0.2) is 55.0 Å². The number of carbonyl (C=O) groups excluding carboxylic acids is 5. The number of likely N-dealkylation sites (tertiary alicyclic amines) is 1. The van der Waals surface area contributed by atoms with E-state index in [0.717, 1.165) is 11.7 Å². The molecule has 67 heavy (non-hydrogen) atoms. The van der Waals surface area contributed by atoms with Gasteiger partial charge >= 0.3 is 0 Å². The number of piperidine rings is 1. The molecule has 3 aliphatic rings. The van der Waals surface area contributed by atoms with E-state index in [2.05, 4.69) is 31.9 Å². The number of anilines is 2. The molecule has 3 aromatic heterocycles. The van der Waals surface area contributed by atoms with Crippen molar-refractivity contribution in [1.29, 1.82) is 5.26 Å². The van der Waals surface area contributed by atoms with Gasteiger partial charge in [-0.25, -0.2) is 4.98 Å². The van der Waals surface area contributed by atoms with E-state index in [4.69, 9.17) is 37.7 Å². The molecule has 1 unspecified atom stereocenters. The van der Waals surface area contributed by atoms with E-state index in [1.165, 1.54) is 24.3 Å². The van der Waals surface area contributed by atoms with Crippen LogP contribution in [0, 0.1) is 17.2 Å². The Morgan fingerprint density at radius 1 is 1.01 bits per heavy atom. The van der Waals surface area contributed by atoms with Crippen molar-refractivity contribution in [3.05, 3.63) is 87.3 Å². The summed E-state index contributed by atoms with van der Waals surface area (Å²) in [5, 5.41) is 25.2. The summed E-state index contributed by atoms with van der Waals surface area (Å²) in [5.74, 6) is 0.490. The summed E-state index contributed by atoms with van der Waals surface area (Å²) in [4.78, 5) is 80.0. The Morgan fingerprint density at radius 3 is 2.45 bits per heavy atom. The highest BCUT2D eigenvalue weighted by molar-refractivity contribution is 6.35. The summed E-state index contributed by atoms with van der Waals surface area (Å²) in [6.45, 7) is 4.76. The maximum absolute atomic E-state index is 13.8. The summed E-state index contributed by atoms with van der Waals surface area (Å²) in [5.41, 5.74) is 4.60.